The molecule has 7 heteroatoms. The minimum absolute atomic E-state index is 0.0487. The quantitative estimate of drug-likeness (QED) is 0.148. The monoisotopic (exact) mass is 461 g/mol. The SMILES string of the molecule is Cc1ccc(/C([O-])=C(/C(=S)NCc2ccccc2)[n+]2ccc(C(C)(C)C)cc2)cc1[N+](=O)[O-]. The Hall–Kier alpha value is -3.58. The summed E-state index contributed by atoms with van der Waals surface area (Å²) in [6.07, 6.45) is 3.60. The third-order valence-electron chi connectivity index (χ3n) is 5.35. The van der Waals surface area contributed by atoms with Crippen LogP contribution in [0.2, 0.25) is 0 Å². The molecule has 0 unspecified atom stereocenters. The Morgan fingerprint density at radius 2 is 1.70 bits per heavy atom. The van der Waals surface area contributed by atoms with Crippen molar-refractivity contribution in [1.29, 1.82) is 0 Å². The number of aromatic nitrogens is 1. The van der Waals surface area contributed by atoms with Crippen LogP contribution in [-0.4, -0.2) is 9.91 Å². The number of hydrogen-bond acceptors (Lipinski definition) is 4. The summed E-state index contributed by atoms with van der Waals surface area (Å²) >= 11 is 5.63. The molecule has 0 fully saturated rings. The molecule has 2 aromatic carbocycles. The van der Waals surface area contributed by atoms with Gasteiger partial charge in [0.25, 0.3) is 5.69 Å². The first-order valence-electron chi connectivity index (χ1n) is 10.6. The highest BCUT2D eigenvalue weighted by atomic mass is 32.1. The van der Waals surface area contributed by atoms with Crippen LogP contribution < -0.4 is 15.0 Å². The van der Waals surface area contributed by atoms with Gasteiger partial charge in [0.2, 0.25) is 5.70 Å². The highest BCUT2D eigenvalue weighted by Gasteiger charge is 2.22. The predicted molar refractivity (Wildman–Crippen MR) is 132 cm³/mol. The van der Waals surface area contributed by atoms with Gasteiger partial charge in [-0.1, -0.05) is 75.5 Å². The average molecular weight is 462 g/mol. The largest absolute Gasteiger partial charge is 0.867 e. The molecule has 6 nitrogen and oxygen atoms in total. The number of hydrogen-bond donors (Lipinski definition) is 1. The smallest absolute Gasteiger partial charge is 0.272 e. The van der Waals surface area contributed by atoms with Crippen LogP contribution in [0.3, 0.4) is 0 Å². The van der Waals surface area contributed by atoms with Crippen molar-refractivity contribution in [2.24, 2.45) is 0 Å². The van der Waals surface area contributed by atoms with Gasteiger partial charge in [-0.15, -0.1) is 0 Å². The second-order valence-electron chi connectivity index (χ2n) is 8.85. The van der Waals surface area contributed by atoms with Crippen molar-refractivity contribution in [3.8, 4) is 0 Å². The fourth-order valence-electron chi connectivity index (χ4n) is 3.36. The van der Waals surface area contributed by atoms with Gasteiger partial charge < -0.3 is 10.4 Å². The van der Waals surface area contributed by atoms with E-state index in [9.17, 15) is 15.2 Å². The number of benzene rings is 2. The summed E-state index contributed by atoms with van der Waals surface area (Å²) in [4.78, 5) is 11.2. The predicted octanol–water partition coefficient (Wildman–Crippen LogP) is 4.29. The van der Waals surface area contributed by atoms with Crippen LogP contribution in [0, 0.1) is 17.0 Å². The molecule has 0 spiro atoms. The lowest BCUT2D eigenvalue weighted by Gasteiger charge is -2.19. The normalized spacial score (nSPS) is 12.1. The molecule has 0 bridgehead atoms. The fourth-order valence-corrected chi connectivity index (χ4v) is 3.63. The van der Waals surface area contributed by atoms with E-state index in [2.05, 4.69) is 26.1 Å². The van der Waals surface area contributed by atoms with E-state index < -0.39 is 10.7 Å². The zero-order chi connectivity index (χ0) is 24.2. The van der Waals surface area contributed by atoms with Gasteiger partial charge in [0.05, 0.1) is 4.92 Å². The van der Waals surface area contributed by atoms with E-state index in [4.69, 9.17) is 12.2 Å². The molecule has 0 radical (unpaired) electrons. The lowest BCUT2D eigenvalue weighted by Crippen LogP contribution is -2.42. The zero-order valence-electron chi connectivity index (χ0n) is 19.2. The molecule has 1 N–H and O–H groups in total. The van der Waals surface area contributed by atoms with E-state index in [1.165, 1.54) is 6.07 Å². The summed E-state index contributed by atoms with van der Waals surface area (Å²) in [6.45, 7) is 8.42. The van der Waals surface area contributed by atoms with Crippen LogP contribution in [0.15, 0.2) is 73.1 Å². The Balaban J connectivity index is 2.07. The molecule has 0 aliphatic rings. The van der Waals surface area contributed by atoms with Crippen molar-refractivity contribution in [2.75, 3.05) is 0 Å². The highest BCUT2D eigenvalue weighted by molar-refractivity contribution is 7.81. The maximum Gasteiger partial charge on any atom is 0.272 e. The number of thiocarbonyl (C=S) groups is 1. The summed E-state index contributed by atoms with van der Waals surface area (Å²) in [5.74, 6) is -0.392. The Morgan fingerprint density at radius 3 is 2.27 bits per heavy atom. The molecule has 1 aromatic heterocycles. The average Bonchev–Trinajstić information content (AvgIpc) is 2.78. The van der Waals surface area contributed by atoms with Crippen molar-refractivity contribution in [3.05, 3.63) is 105 Å². The minimum atomic E-state index is -0.483. The molecule has 170 valence electrons. The van der Waals surface area contributed by atoms with Gasteiger partial charge in [0, 0.05) is 30.3 Å². The number of nitro benzene ring substituents is 1. The lowest BCUT2D eigenvalue weighted by molar-refractivity contribution is -0.578. The molecular weight excluding hydrogens is 434 g/mol. The first-order valence-corrected chi connectivity index (χ1v) is 11.0. The number of pyridine rings is 1. The van der Waals surface area contributed by atoms with Crippen LogP contribution in [0.4, 0.5) is 5.69 Å². The van der Waals surface area contributed by atoms with Crippen molar-refractivity contribution >= 4 is 34.3 Å². The van der Waals surface area contributed by atoms with Gasteiger partial charge in [-0.3, -0.25) is 10.1 Å². The van der Waals surface area contributed by atoms with Gasteiger partial charge in [-0.25, -0.2) is 0 Å². The molecule has 0 aliphatic carbocycles. The highest BCUT2D eigenvalue weighted by Crippen LogP contribution is 2.24. The molecule has 33 heavy (non-hydrogen) atoms. The first kappa shape index (κ1) is 24.1. The molecule has 0 atom stereocenters. The van der Waals surface area contributed by atoms with Gasteiger partial charge in [-0.05, 0) is 34.8 Å². The van der Waals surface area contributed by atoms with Crippen LogP contribution in [0.25, 0.3) is 11.5 Å². The number of nitrogens with one attached hydrogen (secondary N) is 1. The number of nitrogens with zero attached hydrogens (tertiary/aromatic N) is 2. The van der Waals surface area contributed by atoms with E-state index >= 15 is 0 Å². The Labute approximate surface area is 199 Å². The fraction of sp³-hybridized carbons (Fsp3) is 0.231. The van der Waals surface area contributed by atoms with Gasteiger partial charge in [0.15, 0.2) is 17.4 Å². The van der Waals surface area contributed by atoms with Crippen molar-refractivity contribution in [1.82, 2.24) is 5.32 Å². The van der Waals surface area contributed by atoms with Crippen LogP contribution in [-0.2, 0) is 12.0 Å². The molecule has 0 saturated heterocycles. The maximum absolute atomic E-state index is 13.6. The third kappa shape index (κ3) is 5.81. The van der Waals surface area contributed by atoms with Crippen LogP contribution >= 0.6 is 12.2 Å². The van der Waals surface area contributed by atoms with Crippen molar-refractivity contribution in [3.63, 3.8) is 0 Å². The number of rotatable bonds is 6. The molecule has 3 aromatic rings. The summed E-state index contributed by atoms with van der Waals surface area (Å²) in [5.41, 5.74) is 2.91. The molecule has 0 amide bonds. The second kappa shape index (κ2) is 9.92. The van der Waals surface area contributed by atoms with E-state index in [1.807, 2.05) is 42.5 Å². The van der Waals surface area contributed by atoms with E-state index in [1.54, 1.807) is 36.0 Å². The van der Waals surface area contributed by atoms with Crippen LogP contribution in [0.5, 0.6) is 0 Å². The number of nitro groups is 1. The van der Waals surface area contributed by atoms with Gasteiger partial charge in [-0.2, -0.15) is 4.57 Å². The van der Waals surface area contributed by atoms with E-state index in [-0.39, 0.29) is 27.4 Å². The topological polar surface area (TPSA) is 82.1 Å². The minimum Gasteiger partial charge on any atom is -0.867 e. The Kier molecular flexibility index (Phi) is 7.23. The standard InChI is InChI=1S/C26H27N3O3S/c1-18-10-11-20(16-22(18)29(31)32)24(30)23(25(33)27-17-19-8-6-5-7-9-19)28-14-12-21(13-15-28)26(2,3)4/h5-16H,17H2,1-4H3,(H-,27,30,33). The van der Waals surface area contributed by atoms with Crippen molar-refractivity contribution in [2.45, 2.75) is 39.7 Å². The number of aryl methyl sites for hydroxylation is 1. The zero-order valence-corrected chi connectivity index (χ0v) is 20.0. The van der Waals surface area contributed by atoms with Crippen LogP contribution in [0.1, 0.15) is 43.0 Å². The molecule has 1 heterocycles. The third-order valence-corrected chi connectivity index (χ3v) is 5.69. The Bertz CT molecular complexity index is 1200. The molecule has 0 saturated carbocycles. The summed E-state index contributed by atoms with van der Waals surface area (Å²) in [5, 5.41) is 28.1. The molecule has 0 aliphatic heterocycles. The Morgan fingerprint density at radius 1 is 1.06 bits per heavy atom. The van der Waals surface area contributed by atoms with E-state index in [0.717, 1.165) is 11.1 Å². The van der Waals surface area contributed by atoms with Gasteiger partial charge in [0.1, 0.15) is 0 Å². The lowest BCUT2D eigenvalue weighted by atomic mass is 9.88. The maximum atomic E-state index is 13.6. The summed E-state index contributed by atoms with van der Waals surface area (Å²) in [6, 6.07) is 18.1. The molecular formula is C26H27N3O3S. The van der Waals surface area contributed by atoms with E-state index in [0.29, 0.717) is 12.1 Å². The first-order chi connectivity index (χ1) is 15.6. The van der Waals surface area contributed by atoms with Gasteiger partial charge >= 0.3 is 0 Å². The van der Waals surface area contributed by atoms with Crippen molar-refractivity contribution < 1.29 is 14.6 Å². The summed E-state index contributed by atoms with van der Waals surface area (Å²) < 4.78 is 1.67. The molecule has 3 rings (SSSR count). The second-order valence-corrected chi connectivity index (χ2v) is 9.26. The summed E-state index contributed by atoms with van der Waals surface area (Å²) in [7, 11) is 0.